The molecule has 2 N–H and O–H groups in total. The van der Waals surface area contributed by atoms with Gasteiger partial charge in [0.1, 0.15) is 6.10 Å². The molecule has 4 atom stereocenters. The summed E-state index contributed by atoms with van der Waals surface area (Å²) in [6.07, 6.45) is -6.60. The van der Waals surface area contributed by atoms with Crippen molar-refractivity contribution in [2.24, 2.45) is 0 Å². The standard InChI is InChI=1S/C12H17BrO9/c1-5(15)20-9(8(18)4-14)10(21-6(2)16)11(12(13)19)22-7(3)17/h8-11,14,18H,4H2,1-3H3/t8-,9-,10+,11-/m1/s1. The van der Waals surface area contributed by atoms with E-state index in [1.54, 1.807) is 0 Å². The van der Waals surface area contributed by atoms with Gasteiger partial charge >= 0.3 is 17.9 Å². The van der Waals surface area contributed by atoms with Gasteiger partial charge in [-0.2, -0.15) is 0 Å². The molecule has 10 heteroatoms. The van der Waals surface area contributed by atoms with Gasteiger partial charge in [-0.05, 0) is 15.9 Å². The molecule has 0 radical (unpaired) electrons. The van der Waals surface area contributed by atoms with Gasteiger partial charge in [0.15, 0.2) is 12.2 Å². The Hall–Kier alpha value is -1.52. The smallest absolute Gasteiger partial charge is 0.303 e. The predicted molar refractivity (Wildman–Crippen MR) is 73.7 cm³/mol. The van der Waals surface area contributed by atoms with Gasteiger partial charge in [-0.3, -0.25) is 19.2 Å². The van der Waals surface area contributed by atoms with Crippen molar-refractivity contribution in [1.82, 2.24) is 0 Å². The molecule has 0 rings (SSSR count). The molecule has 0 aromatic rings. The second-order valence-corrected chi connectivity index (χ2v) is 5.01. The van der Waals surface area contributed by atoms with E-state index in [2.05, 4.69) is 15.9 Å². The van der Waals surface area contributed by atoms with E-state index in [-0.39, 0.29) is 0 Å². The fraction of sp³-hybridized carbons (Fsp3) is 0.667. The molecule has 0 unspecified atom stereocenters. The topological polar surface area (TPSA) is 136 Å². The lowest BCUT2D eigenvalue weighted by Crippen LogP contribution is -2.53. The highest BCUT2D eigenvalue weighted by Gasteiger charge is 2.43. The largest absolute Gasteiger partial charge is 0.456 e. The van der Waals surface area contributed by atoms with Crippen molar-refractivity contribution in [3.05, 3.63) is 0 Å². The van der Waals surface area contributed by atoms with Crippen LogP contribution in [0.1, 0.15) is 20.8 Å². The number of ether oxygens (including phenoxy) is 3. The van der Waals surface area contributed by atoms with Gasteiger partial charge in [0.05, 0.1) is 6.61 Å². The minimum Gasteiger partial charge on any atom is -0.456 e. The van der Waals surface area contributed by atoms with Crippen molar-refractivity contribution in [2.45, 2.75) is 45.2 Å². The Morgan fingerprint density at radius 1 is 0.909 bits per heavy atom. The van der Waals surface area contributed by atoms with Gasteiger partial charge in [-0.25, -0.2) is 0 Å². The fourth-order valence-corrected chi connectivity index (χ4v) is 1.93. The van der Waals surface area contributed by atoms with Crippen LogP contribution in [0.25, 0.3) is 0 Å². The number of carbonyl (C=O) groups is 4. The number of esters is 3. The molecule has 22 heavy (non-hydrogen) atoms. The zero-order chi connectivity index (χ0) is 17.4. The Bertz CT molecular complexity index is 436. The Balaban J connectivity index is 5.66. The molecule has 0 amide bonds. The summed E-state index contributed by atoms with van der Waals surface area (Å²) in [6.45, 7) is 2.18. The number of aliphatic hydroxyl groups excluding tert-OH is 2. The monoisotopic (exact) mass is 384 g/mol. The van der Waals surface area contributed by atoms with Crippen LogP contribution in [0.3, 0.4) is 0 Å². The van der Waals surface area contributed by atoms with Gasteiger partial charge in [0.2, 0.25) is 10.8 Å². The summed E-state index contributed by atoms with van der Waals surface area (Å²) < 4.78 is 13.5. The highest BCUT2D eigenvalue weighted by molar-refractivity contribution is 9.18. The van der Waals surface area contributed by atoms with Crippen molar-refractivity contribution >= 4 is 38.5 Å². The first-order valence-electron chi connectivity index (χ1n) is 6.10. The molecular weight excluding hydrogens is 368 g/mol. The lowest BCUT2D eigenvalue weighted by atomic mass is 10.0. The molecule has 0 fully saturated rings. The average Bonchev–Trinajstić information content (AvgIpc) is 2.38. The van der Waals surface area contributed by atoms with Crippen LogP contribution in [-0.2, 0) is 33.4 Å². The van der Waals surface area contributed by atoms with Crippen LogP contribution in [0.5, 0.6) is 0 Å². The number of halogens is 1. The third kappa shape index (κ3) is 6.96. The molecule has 0 saturated carbocycles. The highest BCUT2D eigenvalue weighted by atomic mass is 79.9. The maximum Gasteiger partial charge on any atom is 0.303 e. The molecule has 0 saturated heterocycles. The summed E-state index contributed by atoms with van der Waals surface area (Å²) in [5.74, 6) is -2.61. The summed E-state index contributed by atoms with van der Waals surface area (Å²) in [5, 5.41) is 18.7. The molecule has 0 aromatic heterocycles. The Morgan fingerprint density at radius 2 is 1.32 bits per heavy atom. The molecule has 0 aromatic carbocycles. The number of carbonyl (C=O) groups excluding carboxylic acids is 4. The second kappa shape index (κ2) is 9.49. The normalized spacial score (nSPS) is 15.9. The molecule has 0 heterocycles. The second-order valence-electron chi connectivity index (χ2n) is 4.23. The van der Waals surface area contributed by atoms with Crippen molar-refractivity contribution < 1.29 is 43.6 Å². The first kappa shape index (κ1) is 20.5. The molecule has 0 bridgehead atoms. The number of hydrogen-bond acceptors (Lipinski definition) is 9. The third-order valence-electron chi connectivity index (χ3n) is 2.31. The van der Waals surface area contributed by atoms with E-state index in [0.717, 1.165) is 20.8 Å². The molecule has 0 spiro atoms. The fourth-order valence-electron chi connectivity index (χ4n) is 1.57. The maximum absolute atomic E-state index is 11.6. The molecule has 126 valence electrons. The summed E-state index contributed by atoms with van der Waals surface area (Å²) in [5.41, 5.74) is 0. The summed E-state index contributed by atoms with van der Waals surface area (Å²) in [4.78, 5) is 45.0. The van der Waals surface area contributed by atoms with E-state index in [9.17, 15) is 24.3 Å². The quantitative estimate of drug-likeness (QED) is 0.308. The van der Waals surface area contributed by atoms with E-state index >= 15 is 0 Å². The van der Waals surface area contributed by atoms with Crippen LogP contribution >= 0.6 is 15.9 Å². The lowest BCUT2D eigenvalue weighted by Gasteiger charge is -2.32. The first-order chi connectivity index (χ1) is 10.1. The molecule has 0 aliphatic rings. The first-order valence-corrected chi connectivity index (χ1v) is 6.89. The Kier molecular flexibility index (Phi) is 8.83. The van der Waals surface area contributed by atoms with E-state index in [1.807, 2.05) is 0 Å². The van der Waals surface area contributed by atoms with Crippen LogP contribution in [0, 0.1) is 0 Å². The third-order valence-corrected chi connectivity index (χ3v) is 2.76. The average molecular weight is 385 g/mol. The predicted octanol–water partition coefficient (Wildman–Crippen LogP) is -0.944. The zero-order valence-electron chi connectivity index (χ0n) is 12.1. The number of hydrogen-bond donors (Lipinski definition) is 2. The van der Waals surface area contributed by atoms with E-state index in [0.29, 0.717) is 0 Å². The highest BCUT2D eigenvalue weighted by Crippen LogP contribution is 2.19. The van der Waals surface area contributed by atoms with Gasteiger partial charge in [0, 0.05) is 20.8 Å². The van der Waals surface area contributed by atoms with Crippen molar-refractivity contribution in [3.8, 4) is 0 Å². The van der Waals surface area contributed by atoms with Crippen LogP contribution in [-0.4, -0.2) is 63.8 Å². The van der Waals surface area contributed by atoms with Crippen molar-refractivity contribution in [2.75, 3.05) is 6.61 Å². The Morgan fingerprint density at radius 3 is 1.64 bits per heavy atom. The summed E-state index contributed by atoms with van der Waals surface area (Å²) in [6, 6.07) is 0. The van der Waals surface area contributed by atoms with E-state index in [4.69, 9.17) is 19.3 Å². The molecule has 0 aliphatic heterocycles. The Labute approximate surface area is 134 Å². The van der Waals surface area contributed by atoms with Crippen LogP contribution in [0.4, 0.5) is 0 Å². The van der Waals surface area contributed by atoms with Gasteiger partial charge in [0.25, 0.3) is 0 Å². The van der Waals surface area contributed by atoms with Crippen LogP contribution in [0.15, 0.2) is 0 Å². The summed E-state index contributed by atoms with van der Waals surface area (Å²) >= 11 is 2.57. The van der Waals surface area contributed by atoms with E-state index in [1.165, 1.54) is 0 Å². The van der Waals surface area contributed by atoms with Gasteiger partial charge < -0.3 is 24.4 Å². The zero-order valence-corrected chi connectivity index (χ0v) is 13.7. The lowest BCUT2D eigenvalue weighted by molar-refractivity contribution is -0.194. The van der Waals surface area contributed by atoms with Crippen LogP contribution < -0.4 is 0 Å². The minimum absolute atomic E-state index is 0.848. The number of rotatable bonds is 8. The van der Waals surface area contributed by atoms with Gasteiger partial charge in [-0.15, -0.1) is 0 Å². The van der Waals surface area contributed by atoms with Crippen molar-refractivity contribution in [1.29, 1.82) is 0 Å². The minimum atomic E-state index is -1.67. The SMILES string of the molecule is CC(=O)O[C@@H]([C@H](OC(C)=O)[C@@H](OC(C)=O)C(=O)Br)[C@H](O)CO. The number of aliphatic hydroxyl groups is 2. The summed E-state index contributed by atoms with van der Waals surface area (Å²) in [7, 11) is 0. The van der Waals surface area contributed by atoms with E-state index < -0.39 is 53.6 Å². The van der Waals surface area contributed by atoms with Gasteiger partial charge in [-0.1, -0.05) is 0 Å². The molecular formula is C12H17BrO9. The maximum atomic E-state index is 11.6. The molecule has 0 aliphatic carbocycles. The van der Waals surface area contributed by atoms with Crippen molar-refractivity contribution in [3.63, 3.8) is 0 Å². The molecule has 9 nitrogen and oxygen atoms in total. The van der Waals surface area contributed by atoms with Crippen LogP contribution in [0.2, 0.25) is 0 Å².